The van der Waals surface area contributed by atoms with Crippen molar-refractivity contribution in [3.05, 3.63) is 17.0 Å². The van der Waals surface area contributed by atoms with Gasteiger partial charge in [0.15, 0.2) is 0 Å². The van der Waals surface area contributed by atoms with Gasteiger partial charge in [0.1, 0.15) is 11.3 Å². The van der Waals surface area contributed by atoms with E-state index < -0.39 is 0 Å². The first-order valence-corrected chi connectivity index (χ1v) is 5.64. The van der Waals surface area contributed by atoms with Crippen molar-refractivity contribution in [2.24, 2.45) is 0 Å². The van der Waals surface area contributed by atoms with E-state index in [0.717, 1.165) is 13.1 Å². The number of likely N-dealkylation sites (N-methyl/N-ethyl adjacent to an activating group) is 1. The minimum Gasteiger partial charge on any atom is -0.360 e. The largest absolute Gasteiger partial charge is 0.360 e. The first kappa shape index (κ1) is 15.9. The molecule has 0 unspecified atom stereocenters. The van der Waals surface area contributed by atoms with Crippen LogP contribution < -0.4 is 10.6 Å². The van der Waals surface area contributed by atoms with Crippen LogP contribution in [0.5, 0.6) is 0 Å². The molecule has 5 nitrogen and oxygen atoms in total. The summed E-state index contributed by atoms with van der Waals surface area (Å²) in [7, 11) is 0. The molecular weight excluding hydrogens is 242 g/mol. The number of nitrogens with zero attached hydrogens (tertiary/aromatic N) is 1. The first-order chi connectivity index (χ1) is 7.70. The van der Waals surface area contributed by atoms with Crippen LogP contribution >= 0.6 is 12.4 Å². The molecule has 1 aromatic rings. The summed E-state index contributed by atoms with van der Waals surface area (Å²) < 4.78 is 5.07. The van der Waals surface area contributed by atoms with Gasteiger partial charge in [0.25, 0.3) is 5.91 Å². The van der Waals surface area contributed by atoms with Gasteiger partial charge in [-0.2, -0.15) is 0 Å². The van der Waals surface area contributed by atoms with E-state index in [2.05, 4.69) is 15.8 Å². The number of rotatable bonds is 6. The molecule has 2 N–H and O–H groups in total. The highest BCUT2D eigenvalue weighted by Gasteiger charge is 2.18. The molecule has 0 saturated carbocycles. The molecule has 0 atom stereocenters. The number of amides is 1. The minimum absolute atomic E-state index is 0. The van der Waals surface area contributed by atoms with Gasteiger partial charge in [0.2, 0.25) is 0 Å². The van der Waals surface area contributed by atoms with E-state index in [0.29, 0.717) is 30.0 Å². The topological polar surface area (TPSA) is 67.2 Å². The SMILES string of the molecule is CCNCCNC(=O)c1c(C)noc1CC.Cl. The van der Waals surface area contributed by atoms with Gasteiger partial charge >= 0.3 is 0 Å². The fraction of sp³-hybridized carbons (Fsp3) is 0.636. The average molecular weight is 262 g/mol. The molecule has 0 radical (unpaired) electrons. The second kappa shape index (κ2) is 8.08. The van der Waals surface area contributed by atoms with Gasteiger partial charge in [-0.1, -0.05) is 19.0 Å². The number of halogens is 1. The molecule has 1 aromatic heterocycles. The van der Waals surface area contributed by atoms with Crippen molar-refractivity contribution < 1.29 is 9.32 Å². The zero-order valence-corrected chi connectivity index (χ0v) is 11.3. The van der Waals surface area contributed by atoms with Crippen LogP contribution in [0.1, 0.15) is 35.7 Å². The second-order valence-electron chi connectivity index (χ2n) is 3.53. The van der Waals surface area contributed by atoms with Crippen molar-refractivity contribution in [3.63, 3.8) is 0 Å². The van der Waals surface area contributed by atoms with Crippen molar-refractivity contribution in [2.75, 3.05) is 19.6 Å². The van der Waals surface area contributed by atoms with E-state index in [9.17, 15) is 4.79 Å². The van der Waals surface area contributed by atoms with Gasteiger partial charge < -0.3 is 15.2 Å². The molecule has 1 amide bonds. The summed E-state index contributed by atoms with van der Waals surface area (Å²) in [6.45, 7) is 8.04. The number of aryl methyl sites for hydroxylation is 2. The Morgan fingerprint density at radius 2 is 2.06 bits per heavy atom. The van der Waals surface area contributed by atoms with Crippen LogP contribution in [-0.4, -0.2) is 30.7 Å². The Kier molecular flexibility index (Phi) is 7.58. The molecular formula is C11H20ClN3O2. The fourth-order valence-corrected chi connectivity index (χ4v) is 1.48. The Labute approximate surface area is 108 Å². The van der Waals surface area contributed by atoms with Crippen molar-refractivity contribution in [3.8, 4) is 0 Å². The van der Waals surface area contributed by atoms with Crippen molar-refractivity contribution in [1.82, 2.24) is 15.8 Å². The third-order valence-electron chi connectivity index (χ3n) is 2.32. The van der Waals surface area contributed by atoms with Gasteiger partial charge in [-0.3, -0.25) is 4.79 Å². The number of hydrogen-bond donors (Lipinski definition) is 2. The van der Waals surface area contributed by atoms with Crippen LogP contribution in [0.2, 0.25) is 0 Å². The zero-order valence-electron chi connectivity index (χ0n) is 10.5. The second-order valence-corrected chi connectivity index (χ2v) is 3.53. The summed E-state index contributed by atoms with van der Waals surface area (Å²) in [6, 6.07) is 0. The molecule has 0 bridgehead atoms. The summed E-state index contributed by atoms with van der Waals surface area (Å²) in [4.78, 5) is 11.8. The Bertz CT molecular complexity index is 352. The summed E-state index contributed by atoms with van der Waals surface area (Å²) >= 11 is 0. The van der Waals surface area contributed by atoms with Gasteiger partial charge in [-0.15, -0.1) is 12.4 Å². The van der Waals surface area contributed by atoms with Crippen LogP contribution in [0.25, 0.3) is 0 Å². The Balaban J connectivity index is 0.00000256. The molecule has 0 spiro atoms. The van der Waals surface area contributed by atoms with Crippen LogP contribution in [-0.2, 0) is 6.42 Å². The maximum absolute atomic E-state index is 11.8. The Morgan fingerprint density at radius 1 is 1.35 bits per heavy atom. The molecule has 1 rings (SSSR count). The highest BCUT2D eigenvalue weighted by atomic mass is 35.5. The highest BCUT2D eigenvalue weighted by molar-refractivity contribution is 5.96. The predicted molar refractivity (Wildman–Crippen MR) is 68.7 cm³/mol. The molecule has 6 heteroatoms. The standard InChI is InChI=1S/C11H19N3O2.ClH/c1-4-9-10(8(3)14-16-9)11(15)13-7-6-12-5-2;/h12H,4-7H2,1-3H3,(H,13,15);1H. The van der Waals surface area contributed by atoms with Gasteiger partial charge in [0, 0.05) is 19.5 Å². The first-order valence-electron chi connectivity index (χ1n) is 5.64. The van der Waals surface area contributed by atoms with Crippen molar-refractivity contribution in [1.29, 1.82) is 0 Å². The van der Waals surface area contributed by atoms with Crippen LogP contribution in [0, 0.1) is 6.92 Å². The van der Waals surface area contributed by atoms with Crippen molar-refractivity contribution in [2.45, 2.75) is 27.2 Å². The van der Waals surface area contributed by atoms with Crippen LogP contribution in [0.4, 0.5) is 0 Å². The normalized spacial score (nSPS) is 9.82. The van der Waals surface area contributed by atoms with Crippen LogP contribution in [0.3, 0.4) is 0 Å². The van der Waals surface area contributed by atoms with E-state index >= 15 is 0 Å². The third-order valence-corrected chi connectivity index (χ3v) is 2.32. The molecule has 1 heterocycles. The maximum atomic E-state index is 11.8. The van der Waals surface area contributed by atoms with Crippen LogP contribution in [0.15, 0.2) is 4.52 Å². The summed E-state index contributed by atoms with van der Waals surface area (Å²) in [5, 5.41) is 9.77. The quantitative estimate of drug-likeness (QED) is 0.758. The van der Waals surface area contributed by atoms with Gasteiger partial charge in [0.05, 0.1) is 5.69 Å². The third kappa shape index (κ3) is 4.36. The number of nitrogens with one attached hydrogen (secondary N) is 2. The summed E-state index contributed by atoms with van der Waals surface area (Å²) in [5.41, 5.74) is 1.23. The zero-order chi connectivity index (χ0) is 12.0. The monoisotopic (exact) mass is 261 g/mol. The lowest BCUT2D eigenvalue weighted by Crippen LogP contribution is -2.32. The number of carbonyl (C=O) groups is 1. The number of hydrogen-bond acceptors (Lipinski definition) is 4. The molecule has 0 aliphatic carbocycles. The number of aromatic nitrogens is 1. The lowest BCUT2D eigenvalue weighted by Gasteiger charge is -2.05. The molecule has 0 fully saturated rings. The molecule has 17 heavy (non-hydrogen) atoms. The highest BCUT2D eigenvalue weighted by Crippen LogP contribution is 2.13. The molecule has 0 aromatic carbocycles. The lowest BCUT2D eigenvalue weighted by atomic mass is 10.1. The Hall–Kier alpha value is -1.07. The van der Waals surface area contributed by atoms with E-state index in [1.165, 1.54) is 0 Å². The van der Waals surface area contributed by atoms with E-state index in [-0.39, 0.29) is 18.3 Å². The van der Waals surface area contributed by atoms with Crippen molar-refractivity contribution >= 4 is 18.3 Å². The summed E-state index contributed by atoms with van der Waals surface area (Å²) in [6.07, 6.45) is 0.677. The minimum atomic E-state index is -0.103. The van der Waals surface area contributed by atoms with Gasteiger partial charge in [-0.25, -0.2) is 0 Å². The summed E-state index contributed by atoms with van der Waals surface area (Å²) in [5.74, 6) is 0.548. The molecule has 0 saturated heterocycles. The average Bonchev–Trinajstić information content (AvgIpc) is 2.65. The Morgan fingerprint density at radius 3 is 2.65 bits per heavy atom. The van der Waals surface area contributed by atoms with E-state index in [1.54, 1.807) is 6.92 Å². The van der Waals surface area contributed by atoms with E-state index in [1.807, 2.05) is 13.8 Å². The molecule has 0 aliphatic rings. The number of carbonyl (C=O) groups excluding carboxylic acids is 1. The molecule has 98 valence electrons. The molecule has 0 aliphatic heterocycles. The lowest BCUT2D eigenvalue weighted by molar-refractivity contribution is 0.0951. The van der Waals surface area contributed by atoms with E-state index in [4.69, 9.17) is 4.52 Å². The maximum Gasteiger partial charge on any atom is 0.256 e. The fourth-order valence-electron chi connectivity index (χ4n) is 1.48. The smallest absolute Gasteiger partial charge is 0.256 e. The predicted octanol–water partition coefficient (Wildman–Crippen LogP) is 1.31. The van der Waals surface area contributed by atoms with Gasteiger partial charge in [-0.05, 0) is 13.5 Å².